The number of aromatic nitrogens is 2. The quantitative estimate of drug-likeness (QED) is 0.0783. The summed E-state index contributed by atoms with van der Waals surface area (Å²) in [5.74, 6) is 0.488. The third kappa shape index (κ3) is 12.4. The molecule has 1 atom stereocenters. The number of fused-ring (bicyclic) bond motifs is 1. The van der Waals surface area contributed by atoms with Gasteiger partial charge in [-0.25, -0.2) is 0 Å². The summed E-state index contributed by atoms with van der Waals surface area (Å²) in [6.45, 7) is 5.43. The summed E-state index contributed by atoms with van der Waals surface area (Å²) >= 11 is 0. The largest absolute Gasteiger partial charge is 0.369 e. The molecule has 11 nitrogen and oxygen atoms in total. The molecule has 45 heavy (non-hydrogen) atoms. The minimum Gasteiger partial charge on any atom is -0.369 e. The first-order valence-electron chi connectivity index (χ1n) is 17.0. The van der Waals surface area contributed by atoms with E-state index in [1.807, 2.05) is 47.1 Å². The van der Waals surface area contributed by atoms with Crippen molar-refractivity contribution >= 4 is 30.7 Å². The van der Waals surface area contributed by atoms with Gasteiger partial charge in [0.2, 0.25) is 5.95 Å². The summed E-state index contributed by atoms with van der Waals surface area (Å²) in [7, 11) is -4.27. The van der Waals surface area contributed by atoms with E-state index < -0.39 is 20.2 Å². The number of anilines is 4. The zero-order valence-electron chi connectivity index (χ0n) is 27.4. The molecular weight excluding hydrogens is 593 g/mol. The number of ether oxygens (including phenoxy) is 2. The van der Waals surface area contributed by atoms with Crippen molar-refractivity contribution in [2.24, 2.45) is 0 Å². The van der Waals surface area contributed by atoms with Crippen LogP contribution in [0.5, 0.6) is 0 Å². The Hall–Kier alpha value is -2.43. The molecule has 0 saturated heterocycles. The Kier molecular flexibility index (Phi) is 16.4. The van der Waals surface area contributed by atoms with Crippen LogP contribution in [0.1, 0.15) is 116 Å². The third-order valence-electron chi connectivity index (χ3n) is 8.26. The van der Waals surface area contributed by atoms with E-state index in [4.69, 9.17) is 25.0 Å². The number of para-hydroxylation sites is 1. The van der Waals surface area contributed by atoms with E-state index in [2.05, 4.69) is 11.9 Å². The first-order chi connectivity index (χ1) is 21.8. The molecule has 0 amide bonds. The first kappa shape index (κ1) is 37.0. The summed E-state index contributed by atoms with van der Waals surface area (Å²) < 4.78 is 24.0. The van der Waals surface area contributed by atoms with Crippen LogP contribution in [0, 0.1) is 0 Å². The molecular formula is C33H56N5O6P. The molecule has 0 radical (unpaired) electrons. The van der Waals surface area contributed by atoms with Gasteiger partial charge in [0.25, 0.3) is 5.56 Å². The molecule has 1 aromatic carbocycles. The lowest BCUT2D eigenvalue weighted by atomic mass is 10.0. The third-order valence-corrected chi connectivity index (χ3v) is 8.78. The molecule has 0 saturated carbocycles. The maximum atomic E-state index is 14.0. The van der Waals surface area contributed by atoms with E-state index in [0.717, 1.165) is 18.5 Å². The Morgan fingerprint density at radius 3 is 2.02 bits per heavy atom. The van der Waals surface area contributed by atoms with Crippen molar-refractivity contribution in [1.82, 2.24) is 9.55 Å². The zero-order valence-corrected chi connectivity index (χ0v) is 28.3. The smallest absolute Gasteiger partial charge is 0.350 e. The molecule has 1 aliphatic heterocycles. The number of unbranched alkanes of at least 4 members (excludes halogenated alkanes) is 13. The average Bonchev–Trinajstić information content (AvgIpc) is 3.38. The lowest BCUT2D eigenvalue weighted by molar-refractivity contribution is -0.00329. The summed E-state index contributed by atoms with van der Waals surface area (Å²) in [4.78, 5) is 40.5. The number of nitrogen functional groups attached to an aromatic ring is 1. The van der Waals surface area contributed by atoms with Gasteiger partial charge in [-0.15, -0.1) is 0 Å². The second-order valence-corrected chi connectivity index (χ2v) is 13.6. The number of nitrogens with zero attached hydrogens (tertiary/aromatic N) is 4. The number of hydrogen-bond acceptors (Lipinski definition) is 8. The van der Waals surface area contributed by atoms with Crippen LogP contribution >= 0.6 is 7.60 Å². The average molecular weight is 650 g/mol. The van der Waals surface area contributed by atoms with Crippen LogP contribution in [0.25, 0.3) is 0 Å². The SMILES string of the molecule is CCCCCCCCCCCCCCCCOC(CC)n1c(N)nc2c(c1=O)N(c1ccccc1)CN2CCOCP(=O)(O)O. The van der Waals surface area contributed by atoms with E-state index >= 15 is 0 Å². The lowest BCUT2D eigenvalue weighted by Gasteiger charge is -2.23. The molecule has 1 aliphatic rings. The van der Waals surface area contributed by atoms with Gasteiger partial charge in [0.05, 0.1) is 13.3 Å². The van der Waals surface area contributed by atoms with Gasteiger partial charge in [-0.2, -0.15) is 4.98 Å². The van der Waals surface area contributed by atoms with Gasteiger partial charge in [0.1, 0.15) is 12.6 Å². The Bertz CT molecular complexity index is 1220. The molecule has 0 fully saturated rings. The van der Waals surface area contributed by atoms with Gasteiger partial charge in [0.15, 0.2) is 11.5 Å². The van der Waals surface area contributed by atoms with Gasteiger partial charge >= 0.3 is 7.60 Å². The predicted molar refractivity (Wildman–Crippen MR) is 182 cm³/mol. The summed E-state index contributed by atoms with van der Waals surface area (Å²) in [5.41, 5.74) is 7.31. The van der Waals surface area contributed by atoms with Crippen LogP contribution in [0.15, 0.2) is 35.1 Å². The summed E-state index contributed by atoms with van der Waals surface area (Å²) in [6.07, 6.45) is 17.4. The second kappa shape index (κ2) is 19.9. The van der Waals surface area contributed by atoms with Crippen molar-refractivity contribution in [1.29, 1.82) is 0 Å². The molecule has 0 aliphatic carbocycles. The fourth-order valence-electron chi connectivity index (χ4n) is 5.82. The Morgan fingerprint density at radius 1 is 0.889 bits per heavy atom. The van der Waals surface area contributed by atoms with E-state index in [0.29, 0.717) is 31.2 Å². The van der Waals surface area contributed by atoms with Crippen molar-refractivity contribution in [2.75, 3.05) is 48.3 Å². The highest BCUT2D eigenvalue weighted by Gasteiger charge is 2.34. The van der Waals surface area contributed by atoms with Gasteiger partial charge in [-0.1, -0.05) is 116 Å². The maximum absolute atomic E-state index is 14.0. The molecule has 4 N–H and O–H groups in total. The van der Waals surface area contributed by atoms with Crippen LogP contribution in [0.4, 0.5) is 23.1 Å². The van der Waals surface area contributed by atoms with Crippen LogP contribution in [-0.2, 0) is 14.0 Å². The molecule has 12 heteroatoms. The topological polar surface area (TPSA) is 143 Å². The molecule has 1 unspecified atom stereocenters. The van der Waals surface area contributed by atoms with Crippen molar-refractivity contribution in [2.45, 2.75) is 116 Å². The fraction of sp³-hybridized carbons (Fsp3) is 0.697. The van der Waals surface area contributed by atoms with E-state index in [-0.39, 0.29) is 24.7 Å². The molecule has 2 aromatic rings. The van der Waals surface area contributed by atoms with E-state index in [1.165, 1.54) is 81.6 Å². The standard InChI is InChI=1S/C33H56N5O6P/c1-3-5-6-7-8-9-10-11-12-13-14-15-16-20-24-44-29(4-2)38-32(39)30-31(35-33(38)34)36(23-25-43-27-45(40,41)42)26-37(30)28-21-18-17-19-22-28/h17-19,21-22,29H,3-16,20,23-27H2,1-2H3,(H2,34,35)(H2,40,41,42). The minimum absolute atomic E-state index is 0.0533. The van der Waals surface area contributed by atoms with Crippen molar-refractivity contribution < 1.29 is 23.8 Å². The molecule has 0 spiro atoms. The van der Waals surface area contributed by atoms with Crippen LogP contribution in [-0.4, -0.2) is 52.1 Å². The predicted octanol–water partition coefficient (Wildman–Crippen LogP) is 7.30. The second-order valence-electron chi connectivity index (χ2n) is 12.0. The minimum atomic E-state index is -4.27. The molecule has 254 valence electrons. The molecule has 3 rings (SSSR count). The van der Waals surface area contributed by atoms with E-state index in [1.54, 1.807) is 0 Å². The van der Waals surface area contributed by atoms with Crippen molar-refractivity contribution in [3.8, 4) is 0 Å². The molecule has 1 aromatic heterocycles. The molecule has 0 bridgehead atoms. The highest BCUT2D eigenvalue weighted by Crippen LogP contribution is 2.38. The number of nitrogens with two attached hydrogens (primary N) is 1. The van der Waals surface area contributed by atoms with Gasteiger partial charge < -0.3 is 34.8 Å². The Morgan fingerprint density at radius 2 is 1.47 bits per heavy atom. The zero-order chi connectivity index (χ0) is 32.5. The number of benzene rings is 1. The Balaban J connectivity index is 1.51. The van der Waals surface area contributed by atoms with Gasteiger partial charge in [-0.3, -0.25) is 13.9 Å². The van der Waals surface area contributed by atoms with E-state index in [9.17, 15) is 9.36 Å². The number of hydrogen-bond donors (Lipinski definition) is 3. The highest BCUT2D eigenvalue weighted by molar-refractivity contribution is 7.51. The van der Waals surface area contributed by atoms with Gasteiger partial charge in [-0.05, 0) is 25.0 Å². The summed E-state index contributed by atoms with van der Waals surface area (Å²) in [6, 6.07) is 9.55. The monoisotopic (exact) mass is 649 g/mol. The van der Waals surface area contributed by atoms with Crippen molar-refractivity contribution in [3.63, 3.8) is 0 Å². The first-order valence-corrected chi connectivity index (χ1v) is 18.8. The maximum Gasteiger partial charge on any atom is 0.350 e. The highest BCUT2D eigenvalue weighted by atomic mass is 31.2. The Labute approximate surface area is 269 Å². The summed E-state index contributed by atoms with van der Waals surface area (Å²) in [5, 5.41) is 0. The number of rotatable bonds is 24. The molecule has 2 heterocycles. The fourth-order valence-corrected chi connectivity index (χ4v) is 6.18. The van der Waals surface area contributed by atoms with Gasteiger partial charge in [0, 0.05) is 18.8 Å². The normalized spacial score (nSPS) is 13.9. The van der Waals surface area contributed by atoms with Crippen molar-refractivity contribution in [3.05, 3.63) is 40.7 Å². The van der Waals surface area contributed by atoms with Crippen LogP contribution in [0.3, 0.4) is 0 Å². The van der Waals surface area contributed by atoms with Crippen LogP contribution in [0.2, 0.25) is 0 Å². The lowest BCUT2D eigenvalue weighted by Crippen LogP contribution is -2.33. The van der Waals surface area contributed by atoms with Crippen LogP contribution < -0.4 is 21.1 Å².